The number of benzene rings is 2. The summed E-state index contributed by atoms with van der Waals surface area (Å²) >= 11 is 0. The first-order valence-corrected chi connectivity index (χ1v) is 13.3. The van der Waals surface area contributed by atoms with Crippen molar-refractivity contribution in [2.24, 2.45) is 11.7 Å². The number of anilines is 3. The first kappa shape index (κ1) is 25.8. The Labute approximate surface area is 215 Å². The van der Waals surface area contributed by atoms with Crippen LogP contribution in [0.15, 0.2) is 48.5 Å². The van der Waals surface area contributed by atoms with Crippen LogP contribution in [0.1, 0.15) is 63.5 Å². The number of fused-ring (bicyclic) bond motifs is 1. The number of pyridine rings is 1. The number of aromatic nitrogens is 1. The molecule has 1 fully saturated rings. The molecule has 3 aromatic rings. The zero-order valence-electron chi connectivity index (χ0n) is 22.4. The van der Waals surface area contributed by atoms with Gasteiger partial charge in [-0.15, -0.1) is 0 Å². The van der Waals surface area contributed by atoms with Crippen LogP contribution in [0.2, 0.25) is 0 Å². The zero-order valence-corrected chi connectivity index (χ0v) is 22.4. The van der Waals surface area contributed by atoms with E-state index in [9.17, 15) is 4.79 Å². The standard InChI is InChI=1S/C30H41N5O/c1-6-22-10-9-12-24(20(2)3)29(22)35(30(31)36)19-21-14-16-23(17-15-21)32-28-18-27(34(4)5)25-11-7-8-13-26(25)33-28/h7-13,18,20-21,23H,6,14-17,19H2,1-5H3,(H2,31,36)(H,32,33). The zero-order chi connectivity index (χ0) is 25.8. The van der Waals surface area contributed by atoms with Crippen LogP contribution in [-0.2, 0) is 6.42 Å². The van der Waals surface area contributed by atoms with E-state index in [1.165, 1.54) is 16.8 Å². The highest BCUT2D eigenvalue weighted by atomic mass is 16.2. The van der Waals surface area contributed by atoms with E-state index in [1.54, 1.807) is 0 Å². The van der Waals surface area contributed by atoms with Gasteiger partial charge in [-0.3, -0.25) is 4.90 Å². The van der Waals surface area contributed by atoms with Gasteiger partial charge in [0.2, 0.25) is 0 Å². The van der Waals surface area contributed by atoms with Gasteiger partial charge in [-0.1, -0.05) is 57.2 Å². The van der Waals surface area contributed by atoms with Gasteiger partial charge in [-0.25, -0.2) is 9.78 Å². The Morgan fingerprint density at radius 1 is 1.08 bits per heavy atom. The Balaban J connectivity index is 1.46. The molecule has 0 saturated heterocycles. The summed E-state index contributed by atoms with van der Waals surface area (Å²) in [7, 11) is 4.14. The molecular formula is C30H41N5O. The maximum Gasteiger partial charge on any atom is 0.319 e. The van der Waals surface area contributed by atoms with Crippen molar-refractivity contribution in [2.75, 3.05) is 35.8 Å². The van der Waals surface area contributed by atoms with Gasteiger partial charge in [0, 0.05) is 43.8 Å². The predicted octanol–water partition coefficient (Wildman–Crippen LogP) is 6.54. The highest BCUT2D eigenvalue weighted by molar-refractivity contribution is 5.94. The number of nitrogens with zero attached hydrogens (tertiary/aromatic N) is 3. The molecule has 0 atom stereocenters. The minimum absolute atomic E-state index is 0.329. The normalized spacial score (nSPS) is 17.8. The van der Waals surface area contributed by atoms with Crippen LogP contribution in [0.25, 0.3) is 10.9 Å². The lowest BCUT2D eigenvalue weighted by atomic mass is 9.85. The second kappa shape index (κ2) is 11.2. The van der Waals surface area contributed by atoms with E-state index >= 15 is 0 Å². The molecule has 1 aliphatic rings. The first-order chi connectivity index (χ1) is 17.3. The molecule has 3 N–H and O–H groups in total. The SMILES string of the molecule is CCc1cccc(C(C)C)c1N(CC1CCC(Nc2cc(N(C)C)c3ccccc3n2)CC1)C(N)=O. The van der Waals surface area contributed by atoms with E-state index in [2.05, 4.69) is 87.5 Å². The molecule has 6 nitrogen and oxygen atoms in total. The number of hydrogen-bond donors (Lipinski definition) is 2. The Hall–Kier alpha value is -3.28. The number of aryl methyl sites for hydroxylation is 1. The van der Waals surface area contributed by atoms with E-state index in [4.69, 9.17) is 10.7 Å². The number of rotatable bonds is 8. The van der Waals surface area contributed by atoms with Crippen LogP contribution >= 0.6 is 0 Å². The first-order valence-electron chi connectivity index (χ1n) is 13.3. The number of carbonyl (C=O) groups excluding carboxylic acids is 1. The molecule has 2 amide bonds. The molecule has 0 radical (unpaired) electrons. The number of nitrogens with two attached hydrogens (primary N) is 1. The summed E-state index contributed by atoms with van der Waals surface area (Å²) in [6.07, 6.45) is 5.09. The molecule has 1 saturated carbocycles. The highest BCUT2D eigenvalue weighted by Crippen LogP contribution is 2.35. The molecule has 4 rings (SSSR count). The second-order valence-electron chi connectivity index (χ2n) is 10.6. The number of hydrogen-bond acceptors (Lipinski definition) is 4. The van der Waals surface area contributed by atoms with Crippen molar-refractivity contribution in [1.29, 1.82) is 0 Å². The van der Waals surface area contributed by atoms with Gasteiger partial charge >= 0.3 is 6.03 Å². The van der Waals surface area contributed by atoms with Gasteiger partial charge < -0.3 is 16.0 Å². The van der Waals surface area contributed by atoms with E-state index in [0.717, 1.165) is 54.5 Å². The average molecular weight is 488 g/mol. The van der Waals surface area contributed by atoms with Crippen molar-refractivity contribution in [3.8, 4) is 0 Å². The second-order valence-corrected chi connectivity index (χ2v) is 10.6. The van der Waals surface area contributed by atoms with Gasteiger partial charge in [-0.2, -0.15) is 0 Å². The van der Waals surface area contributed by atoms with E-state index in [0.29, 0.717) is 24.4 Å². The lowest BCUT2D eigenvalue weighted by Crippen LogP contribution is -2.42. The number of para-hydroxylation sites is 2. The Bertz CT molecular complexity index is 1200. The quantitative estimate of drug-likeness (QED) is 0.378. The molecule has 0 spiro atoms. The van der Waals surface area contributed by atoms with Crippen molar-refractivity contribution in [3.05, 3.63) is 59.7 Å². The molecule has 6 heteroatoms. The predicted molar refractivity (Wildman–Crippen MR) is 152 cm³/mol. The Morgan fingerprint density at radius 2 is 1.81 bits per heavy atom. The average Bonchev–Trinajstić information content (AvgIpc) is 2.87. The van der Waals surface area contributed by atoms with E-state index < -0.39 is 0 Å². The lowest BCUT2D eigenvalue weighted by molar-refractivity contribution is 0.250. The van der Waals surface area contributed by atoms with Gasteiger partial charge in [0.15, 0.2) is 0 Å². The number of primary amides is 1. The van der Waals surface area contributed by atoms with Crippen molar-refractivity contribution >= 4 is 34.1 Å². The molecular weight excluding hydrogens is 446 g/mol. The molecule has 0 unspecified atom stereocenters. The summed E-state index contributed by atoms with van der Waals surface area (Å²) in [6.45, 7) is 7.17. The number of urea groups is 1. The maximum atomic E-state index is 12.6. The third-order valence-electron chi connectivity index (χ3n) is 7.51. The van der Waals surface area contributed by atoms with E-state index in [-0.39, 0.29) is 6.03 Å². The summed E-state index contributed by atoms with van der Waals surface area (Å²) in [5, 5.41) is 4.86. The summed E-state index contributed by atoms with van der Waals surface area (Å²) in [6, 6.07) is 16.8. The molecule has 1 aromatic heterocycles. The molecule has 0 bridgehead atoms. The summed E-state index contributed by atoms with van der Waals surface area (Å²) < 4.78 is 0. The molecule has 1 heterocycles. The third-order valence-corrected chi connectivity index (χ3v) is 7.51. The molecule has 1 aliphatic carbocycles. The van der Waals surface area contributed by atoms with Gasteiger partial charge in [0.1, 0.15) is 5.82 Å². The minimum atomic E-state index is -0.352. The summed E-state index contributed by atoms with van der Waals surface area (Å²) in [5.41, 5.74) is 11.5. The molecule has 0 aliphatic heterocycles. The monoisotopic (exact) mass is 487 g/mol. The highest BCUT2D eigenvalue weighted by Gasteiger charge is 2.28. The Kier molecular flexibility index (Phi) is 8.02. The van der Waals surface area contributed by atoms with Crippen LogP contribution in [0, 0.1) is 5.92 Å². The van der Waals surface area contributed by atoms with Crippen molar-refractivity contribution in [3.63, 3.8) is 0 Å². The Morgan fingerprint density at radius 3 is 2.44 bits per heavy atom. The number of nitrogens with one attached hydrogen (secondary N) is 1. The fourth-order valence-electron chi connectivity index (χ4n) is 5.54. The summed E-state index contributed by atoms with van der Waals surface area (Å²) in [5.74, 6) is 1.69. The molecule has 192 valence electrons. The van der Waals surface area contributed by atoms with Crippen molar-refractivity contribution in [1.82, 2.24) is 4.98 Å². The van der Waals surface area contributed by atoms with Crippen molar-refractivity contribution < 1.29 is 4.79 Å². The summed E-state index contributed by atoms with van der Waals surface area (Å²) in [4.78, 5) is 21.5. The largest absolute Gasteiger partial charge is 0.377 e. The van der Waals surface area contributed by atoms with Crippen molar-refractivity contribution in [2.45, 2.75) is 64.8 Å². The van der Waals surface area contributed by atoms with Gasteiger partial charge in [-0.05, 0) is 61.1 Å². The molecule has 2 aromatic carbocycles. The number of amides is 2. The van der Waals surface area contributed by atoms with Gasteiger partial charge in [0.05, 0.1) is 11.2 Å². The van der Waals surface area contributed by atoms with Crippen LogP contribution in [0.3, 0.4) is 0 Å². The van der Waals surface area contributed by atoms with Crippen LogP contribution in [0.5, 0.6) is 0 Å². The lowest BCUT2D eigenvalue weighted by Gasteiger charge is -2.34. The minimum Gasteiger partial charge on any atom is -0.377 e. The topological polar surface area (TPSA) is 74.5 Å². The van der Waals surface area contributed by atoms with Gasteiger partial charge in [0.25, 0.3) is 0 Å². The van der Waals surface area contributed by atoms with Crippen LogP contribution in [-0.4, -0.2) is 37.7 Å². The van der Waals surface area contributed by atoms with Crippen LogP contribution in [0.4, 0.5) is 22.0 Å². The van der Waals surface area contributed by atoms with E-state index in [1.807, 2.05) is 11.0 Å². The fourth-order valence-corrected chi connectivity index (χ4v) is 5.54. The fraction of sp³-hybridized carbons (Fsp3) is 0.467. The smallest absolute Gasteiger partial charge is 0.319 e. The van der Waals surface area contributed by atoms with Crippen LogP contribution < -0.4 is 20.9 Å². The molecule has 36 heavy (non-hydrogen) atoms. The third kappa shape index (κ3) is 5.58. The maximum absolute atomic E-state index is 12.6. The number of carbonyl (C=O) groups is 1.